The largest absolute Gasteiger partial charge is 0.497 e. The number of hydrogen-bond acceptors (Lipinski definition) is 9. The molecule has 0 fully saturated rings. The van der Waals surface area contributed by atoms with Crippen molar-refractivity contribution in [1.82, 2.24) is 25.1 Å². The van der Waals surface area contributed by atoms with Crippen molar-refractivity contribution in [2.45, 2.75) is 24.3 Å². The Morgan fingerprint density at radius 1 is 0.952 bits per heavy atom. The van der Waals surface area contributed by atoms with Crippen LogP contribution in [0, 0.1) is 6.92 Å². The highest BCUT2D eigenvalue weighted by atomic mass is 32.2. The molecule has 42 heavy (non-hydrogen) atoms. The maximum absolute atomic E-state index is 12.8. The lowest BCUT2D eigenvalue weighted by molar-refractivity contribution is 0.0949. The van der Waals surface area contributed by atoms with Crippen LogP contribution < -0.4 is 19.5 Å². The predicted octanol–water partition coefficient (Wildman–Crippen LogP) is 5.99. The molecule has 1 N–H and O–H groups in total. The van der Waals surface area contributed by atoms with E-state index in [0.29, 0.717) is 41.7 Å². The number of carbonyl (C=O) groups excluding carboxylic acids is 1. The summed E-state index contributed by atoms with van der Waals surface area (Å²) in [6.45, 7) is 2.53. The minimum atomic E-state index is -0.203. The summed E-state index contributed by atoms with van der Waals surface area (Å²) in [7, 11) is 4.85. The number of benzene rings is 3. The Morgan fingerprint density at radius 3 is 2.52 bits per heavy atom. The quantitative estimate of drug-likeness (QED) is 0.174. The van der Waals surface area contributed by atoms with E-state index in [1.54, 1.807) is 26.7 Å². The molecule has 0 aliphatic heterocycles. The van der Waals surface area contributed by atoms with Gasteiger partial charge in [-0.3, -0.25) is 9.36 Å². The Labute approximate surface area is 252 Å². The van der Waals surface area contributed by atoms with Crippen LogP contribution in [0.4, 0.5) is 0 Å². The summed E-state index contributed by atoms with van der Waals surface area (Å²) in [6.07, 6.45) is 0.656. The Hall–Kier alpha value is -4.35. The smallest absolute Gasteiger partial charge is 0.270 e. The summed E-state index contributed by atoms with van der Waals surface area (Å²) < 4.78 is 18.1. The first kappa shape index (κ1) is 29.2. The number of rotatable bonds is 12. The molecule has 3 aromatic carbocycles. The molecule has 0 aliphatic carbocycles. The van der Waals surface area contributed by atoms with Crippen molar-refractivity contribution < 1.29 is 19.0 Å². The van der Waals surface area contributed by atoms with E-state index in [4.69, 9.17) is 14.2 Å². The second-order valence-electron chi connectivity index (χ2n) is 9.32. The Bertz CT molecular complexity index is 1670. The highest BCUT2D eigenvalue weighted by Gasteiger charge is 2.18. The zero-order valence-electron chi connectivity index (χ0n) is 23.8. The van der Waals surface area contributed by atoms with Gasteiger partial charge in [-0.25, -0.2) is 4.98 Å². The zero-order valence-corrected chi connectivity index (χ0v) is 25.4. The van der Waals surface area contributed by atoms with Gasteiger partial charge in [0.25, 0.3) is 5.91 Å². The minimum Gasteiger partial charge on any atom is -0.497 e. The van der Waals surface area contributed by atoms with E-state index in [1.165, 1.54) is 28.7 Å². The molecule has 5 aromatic rings. The van der Waals surface area contributed by atoms with E-state index >= 15 is 0 Å². The van der Waals surface area contributed by atoms with Gasteiger partial charge < -0.3 is 19.5 Å². The molecule has 0 unspecified atom stereocenters. The molecule has 0 saturated carbocycles. The van der Waals surface area contributed by atoms with Gasteiger partial charge in [-0.2, -0.15) is 0 Å². The van der Waals surface area contributed by atoms with Crippen molar-refractivity contribution in [3.05, 3.63) is 93.9 Å². The lowest BCUT2D eigenvalue weighted by atomic mass is 10.1. The van der Waals surface area contributed by atoms with Crippen LogP contribution >= 0.6 is 23.1 Å². The number of carbonyl (C=O) groups is 1. The molecule has 2 aromatic heterocycles. The summed E-state index contributed by atoms with van der Waals surface area (Å²) >= 11 is 2.97. The first-order valence-electron chi connectivity index (χ1n) is 13.2. The first-order chi connectivity index (χ1) is 20.5. The third-order valence-electron chi connectivity index (χ3n) is 6.51. The Morgan fingerprint density at radius 2 is 1.76 bits per heavy atom. The van der Waals surface area contributed by atoms with Gasteiger partial charge in [0.05, 0.1) is 27.1 Å². The Balaban J connectivity index is 1.26. The molecule has 9 nitrogen and oxygen atoms in total. The van der Waals surface area contributed by atoms with Gasteiger partial charge in [0.1, 0.15) is 16.5 Å². The van der Waals surface area contributed by atoms with Crippen molar-refractivity contribution in [1.29, 1.82) is 0 Å². The molecule has 0 atom stereocenters. The summed E-state index contributed by atoms with van der Waals surface area (Å²) in [4.78, 5) is 17.3. The third-order valence-corrected chi connectivity index (χ3v) is 8.48. The molecule has 2 heterocycles. The van der Waals surface area contributed by atoms with Crippen molar-refractivity contribution in [2.24, 2.45) is 0 Å². The van der Waals surface area contributed by atoms with E-state index < -0.39 is 0 Å². The van der Waals surface area contributed by atoms with Gasteiger partial charge in [-0.05, 0) is 55.3 Å². The second kappa shape index (κ2) is 13.5. The molecule has 0 radical (unpaired) electrons. The standard InChI is InChI=1S/C31H31N5O4S2/c1-20-8-11-23(12-9-20)36-29(22-6-5-7-24(17-22)38-2)34-35-31(36)42-19-28-33-25(18-41-28)30(37)32-15-14-21-10-13-26(39-3)27(16-21)40-4/h5-13,16-18H,14-15,19H2,1-4H3,(H,32,37). The van der Waals surface area contributed by atoms with Crippen LogP contribution in [0.15, 0.2) is 77.3 Å². The van der Waals surface area contributed by atoms with Gasteiger partial charge in [0, 0.05) is 23.2 Å². The van der Waals surface area contributed by atoms with Gasteiger partial charge in [-0.1, -0.05) is 47.7 Å². The first-order valence-corrected chi connectivity index (χ1v) is 15.1. The lowest BCUT2D eigenvalue weighted by Crippen LogP contribution is -2.26. The van der Waals surface area contributed by atoms with Crippen molar-refractivity contribution in [3.63, 3.8) is 0 Å². The molecule has 5 rings (SSSR count). The fraction of sp³-hybridized carbons (Fsp3) is 0.226. The third kappa shape index (κ3) is 6.75. The topological polar surface area (TPSA) is 100 Å². The van der Waals surface area contributed by atoms with Crippen LogP contribution in [-0.4, -0.2) is 53.5 Å². The lowest BCUT2D eigenvalue weighted by Gasteiger charge is -2.11. The van der Waals surface area contributed by atoms with Crippen LogP contribution in [0.25, 0.3) is 17.1 Å². The summed E-state index contributed by atoms with van der Waals surface area (Å²) in [6, 6.07) is 21.7. The van der Waals surface area contributed by atoms with Gasteiger partial charge in [0.2, 0.25) is 0 Å². The average molecular weight is 602 g/mol. The van der Waals surface area contributed by atoms with E-state index in [-0.39, 0.29) is 5.91 Å². The zero-order chi connectivity index (χ0) is 29.5. The molecule has 0 bridgehead atoms. The number of nitrogens with one attached hydrogen (secondary N) is 1. The van der Waals surface area contributed by atoms with Crippen LogP contribution in [0.3, 0.4) is 0 Å². The van der Waals surface area contributed by atoms with Crippen LogP contribution in [0.2, 0.25) is 0 Å². The SMILES string of the molecule is COc1cccc(-c2nnc(SCc3nc(C(=O)NCCc4ccc(OC)c(OC)c4)cs3)n2-c2ccc(C)cc2)c1. The number of aryl methyl sites for hydroxylation is 1. The van der Waals surface area contributed by atoms with Crippen LogP contribution in [-0.2, 0) is 12.2 Å². The van der Waals surface area contributed by atoms with Crippen molar-refractivity contribution in [2.75, 3.05) is 27.9 Å². The van der Waals surface area contributed by atoms with E-state index in [0.717, 1.165) is 32.7 Å². The van der Waals surface area contributed by atoms with Gasteiger partial charge in [-0.15, -0.1) is 21.5 Å². The maximum Gasteiger partial charge on any atom is 0.270 e. The van der Waals surface area contributed by atoms with Crippen molar-refractivity contribution >= 4 is 29.0 Å². The van der Waals surface area contributed by atoms with Crippen LogP contribution in [0.5, 0.6) is 17.2 Å². The molecule has 216 valence electrons. The van der Waals surface area contributed by atoms with Crippen molar-refractivity contribution in [3.8, 4) is 34.3 Å². The van der Waals surface area contributed by atoms with E-state index in [9.17, 15) is 4.79 Å². The maximum atomic E-state index is 12.8. The van der Waals surface area contributed by atoms with E-state index in [2.05, 4.69) is 51.7 Å². The minimum absolute atomic E-state index is 0.203. The number of nitrogens with zero attached hydrogens (tertiary/aromatic N) is 4. The molecule has 0 spiro atoms. The summed E-state index contributed by atoms with van der Waals surface area (Å²) in [5, 5.41) is 15.3. The Kier molecular flexibility index (Phi) is 9.40. The highest BCUT2D eigenvalue weighted by Crippen LogP contribution is 2.32. The van der Waals surface area contributed by atoms with E-state index in [1.807, 2.05) is 47.0 Å². The number of thiazole rings is 1. The molecule has 0 aliphatic rings. The molecule has 1 amide bonds. The molecular formula is C31H31N5O4S2. The predicted molar refractivity (Wildman–Crippen MR) is 165 cm³/mol. The van der Waals surface area contributed by atoms with Gasteiger partial charge >= 0.3 is 0 Å². The van der Waals surface area contributed by atoms with Gasteiger partial charge in [0.15, 0.2) is 22.5 Å². The molecule has 11 heteroatoms. The number of thioether (sulfide) groups is 1. The molecular weight excluding hydrogens is 571 g/mol. The monoisotopic (exact) mass is 601 g/mol. The number of aromatic nitrogens is 4. The summed E-state index contributed by atoms with van der Waals surface area (Å²) in [5.74, 6) is 3.15. The number of methoxy groups -OCH3 is 3. The number of hydrogen-bond donors (Lipinski definition) is 1. The fourth-order valence-corrected chi connectivity index (χ4v) is 6.04. The number of ether oxygens (including phenoxy) is 3. The summed E-state index contributed by atoms with van der Waals surface area (Å²) in [5.41, 5.74) is 4.46. The normalized spacial score (nSPS) is 10.9. The fourth-order valence-electron chi connectivity index (χ4n) is 4.29. The average Bonchev–Trinajstić information content (AvgIpc) is 3.68. The second-order valence-corrected chi connectivity index (χ2v) is 11.2. The highest BCUT2D eigenvalue weighted by molar-refractivity contribution is 7.98. The molecule has 0 saturated heterocycles. The number of amides is 1. The van der Waals surface area contributed by atoms with Crippen LogP contribution in [0.1, 0.15) is 26.6 Å².